The van der Waals surface area contributed by atoms with Gasteiger partial charge in [-0.25, -0.2) is 0 Å². The fourth-order valence-electron chi connectivity index (χ4n) is 3.63. The van der Waals surface area contributed by atoms with E-state index in [4.69, 9.17) is 0 Å². The molecule has 2 aromatic rings. The molecule has 0 bridgehead atoms. The van der Waals surface area contributed by atoms with Crippen LogP contribution in [0.3, 0.4) is 0 Å². The van der Waals surface area contributed by atoms with E-state index >= 15 is 0 Å². The van der Waals surface area contributed by atoms with Gasteiger partial charge in [-0.2, -0.15) is 0 Å². The Morgan fingerprint density at radius 1 is 1.00 bits per heavy atom. The van der Waals surface area contributed by atoms with Gasteiger partial charge in [0.25, 0.3) is 0 Å². The minimum atomic E-state index is 0.143. The highest BCUT2D eigenvalue weighted by atomic mass is 16.3. The van der Waals surface area contributed by atoms with Gasteiger partial charge in [-0.3, -0.25) is 4.90 Å². The molecule has 2 nitrogen and oxygen atoms in total. The minimum absolute atomic E-state index is 0.143. The average Bonchev–Trinajstić information content (AvgIpc) is 3.04. The standard InChI is InChI=1S/C20H25NO/c22-16-20(18-10-5-2-6-11-18)21-15-7-12-19(21)14-13-17-8-3-1-4-9-17/h1-6,8-11,19-20,22H,7,12-16H2/t19-,20-/m0/s1. The van der Waals surface area contributed by atoms with Gasteiger partial charge in [-0.1, -0.05) is 60.7 Å². The van der Waals surface area contributed by atoms with E-state index in [0.717, 1.165) is 13.0 Å². The van der Waals surface area contributed by atoms with Gasteiger partial charge in [0.2, 0.25) is 0 Å². The highest BCUT2D eigenvalue weighted by molar-refractivity contribution is 5.20. The predicted molar refractivity (Wildman–Crippen MR) is 90.8 cm³/mol. The Morgan fingerprint density at radius 3 is 2.36 bits per heavy atom. The average molecular weight is 295 g/mol. The van der Waals surface area contributed by atoms with Crippen LogP contribution in [0.15, 0.2) is 60.7 Å². The van der Waals surface area contributed by atoms with Crippen molar-refractivity contribution in [2.75, 3.05) is 13.2 Å². The molecular weight excluding hydrogens is 270 g/mol. The maximum absolute atomic E-state index is 9.90. The van der Waals surface area contributed by atoms with Crippen molar-refractivity contribution in [3.8, 4) is 0 Å². The third-order valence-electron chi connectivity index (χ3n) is 4.79. The smallest absolute Gasteiger partial charge is 0.0628 e. The summed E-state index contributed by atoms with van der Waals surface area (Å²) in [6, 6.07) is 21.9. The molecule has 2 aromatic carbocycles. The Hall–Kier alpha value is -1.64. The van der Waals surface area contributed by atoms with Crippen molar-refractivity contribution in [1.29, 1.82) is 0 Å². The summed E-state index contributed by atoms with van der Waals surface area (Å²) in [6.45, 7) is 1.30. The molecule has 0 unspecified atom stereocenters. The minimum Gasteiger partial charge on any atom is -0.394 e. The molecule has 0 radical (unpaired) electrons. The van der Waals surface area contributed by atoms with Gasteiger partial charge < -0.3 is 5.11 Å². The van der Waals surface area contributed by atoms with Gasteiger partial charge in [0, 0.05) is 6.04 Å². The molecule has 1 heterocycles. The number of nitrogens with zero attached hydrogens (tertiary/aromatic N) is 1. The summed E-state index contributed by atoms with van der Waals surface area (Å²) in [6.07, 6.45) is 4.78. The van der Waals surface area contributed by atoms with Crippen LogP contribution >= 0.6 is 0 Å². The molecule has 0 aromatic heterocycles. The van der Waals surface area contributed by atoms with Gasteiger partial charge in [-0.05, 0) is 43.4 Å². The van der Waals surface area contributed by atoms with Crippen molar-refractivity contribution in [1.82, 2.24) is 4.90 Å². The summed E-state index contributed by atoms with van der Waals surface area (Å²) in [5.41, 5.74) is 2.64. The number of aryl methyl sites for hydroxylation is 1. The van der Waals surface area contributed by atoms with Crippen LogP contribution in [0.2, 0.25) is 0 Å². The zero-order valence-corrected chi connectivity index (χ0v) is 13.1. The number of aliphatic hydroxyl groups excluding tert-OH is 1. The van der Waals surface area contributed by atoms with Gasteiger partial charge >= 0.3 is 0 Å². The first-order chi connectivity index (χ1) is 10.9. The van der Waals surface area contributed by atoms with E-state index in [2.05, 4.69) is 59.5 Å². The molecule has 22 heavy (non-hydrogen) atoms. The van der Waals surface area contributed by atoms with Crippen LogP contribution in [-0.2, 0) is 6.42 Å². The maximum Gasteiger partial charge on any atom is 0.0628 e. The molecule has 0 aliphatic carbocycles. The molecule has 0 saturated carbocycles. The lowest BCUT2D eigenvalue weighted by atomic mass is 10.0. The zero-order chi connectivity index (χ0) is 15.2. The van der Waals surface area contributed by atoms with Gasteiger partial charge in [-0.15, -0.1) is 0 Å². The Kier molecular flexibility index (Phi) is 5.25. The number of aliphatic hydroxyl groups is 1. The van der Waals surface area contributed by atoms with E-state index in [1.54, 1.807) is 0 Å². The summed E-state index contributed by atoms with van der Waals surface area (Å²) in [7, 11) is 0. The monoisotopic (exact) mass is 295 g/mol. The second-order valence-electron chi connectivity index (χ2n) is 6.17. The first-order valence-electron chi connectivity index (χ1n) is 8.34. The van der Waals surface area contributed by atoms with Crippen LogP contribution in [0, 0.1) is 0 Å². The number of rotatable bonds is 6. The van der Waals surface area contributed by atoms with E-state index in [9.17, 15) is 5.11 Å². The van der Waals surface area contributed by atoms with Crippen molar-refractivity contribution in [2.45, 2.75) is 37.8 Å². The molecule has 0 spiro atoms. The molecule has 116 valence electrons. The van der Waals surface area contributed by atoms with Gasteiger partial charge in [0.05, 0.1) is 12.6 Å². The fraction of sp³-hybridized carbons (Fsp3) is 0.400. The van der Waals surface area contributed by atoms with Gasteiger partial charge in [0.1, 0.15) is 0 Å². The lowest BCUT2D eigenvalue weighted by Crippen LogP contribution is -2.35. The lowest BCUT2D eigenvalue weighted by Gasteiger charge is -2.32. The molecule has 1 aliphatic heterocycles. The quantitative estimate of drug-likeness (QED) is 0.876. The first kappa shape index (κ1) is 15.3. The number of hydrogen-bond donors (Lipinski definition) is 1. The van der Waals surface area contributed by atoms with Crippen LogP contribution in [0.5, 0.6) is 0 Å². The van der Waals surface area contributed by atoms with E-state index in [-0.39, 0.29) is 12.6 Å². The first-order valence-corrected chi connectivity index (χ1v) is 8.34. The molecule has 1 aliphatic rings. The Bertz CT molecular complexity index is 554. The molecule has 1 fully saturated rings. The fourth-order valence-corrected chi connectivity index (χ4v) is 3.63. The number of likely N-dealkylation sites (tertiary alicyclic amines) is 1. The van der Waals surface area contributed by atoms with Crippen molar-refractivity contribution in [3.05, 3.63) is 71.8 Å². The van der Waals surface area contributed by atoms with Crippen molar-refractivity contribution in [2.24, 2.45) is 0 Å². The normalized spacial score (nSPS) is 20.1. The Morgan fingerprint density at radius 2 is 1.68 bits per heavy atom. The summed E-state index contributed by atoms with van der Waals surface area (Å²) in [5.74, 6) is 0. The summed E-state index contributed by atoms with van der Waals surface area (Å²) >= 11 is 0. The second-order valence-corrected chi connectivity index (χ2v) is 6.17. The van der Waals surface area contributed by atoms with E-state index in [0.29, 0.717) is 6.04 Å². The van der Waals surface area contributed by atoms with Crippen LogP contribution in [0.25, 0.3) is 0 Å². The molecule has 0 amide bonds. The van der Waals surface area contributed by atoms with Crippen LogP contribution in [0.1, 0.15) is 36.4 Å². The van der Waals surface area contributed by atoms with Gasteiger partial charge in [0.15, 0.2) is 0 Å². The lowest BCUT2D eigenvalue weighted by molar-refractivity contribution is 0.108. The van der Waals surface area contributed by atoms with E-state index in [1.807, 2.05) is 6.07 Å². The van der Waals surface area contributed by atoms with Crippen molar-refractivity contribution in [3.63, 3.8) is 0 Å². The van der Waals surface area contributed by atoms with Crippen LogP contribution < -0.4 is 0 Å². The topological polar surface area (TPSA) is 23.5 Å². The third-order valence-corrected chi connectivity index (χ3v) is 4.79. The predicted octanol–water partition coefficient (Wildman–Crippen LogP) is 3.82. The Balaban J connectivity index is 1.67. The largest absolute Gasteiger partial charge is 0.394 e. The van der Waals surface area contributed by atoms with Crippen LogP contribution in [-0.4, -0.2) is 29.2 Å². The summed E-state index contributed by atoms with van der Waals surface area (Å²) in [4.78, 5) is 2.51. The maximum atomic E-state index is 9.90. The molecule has 3 rings (SSSR count). The highest BCUT2D eigenvalue weighted by Gasteiger charge is 2.30. The molecule has 1 N–H and O–H groups in total. The second kappa shape index (κ2) is 7.57. The summed E-state index contributed by atoms with van der Waals surface area (Å²) in [5, 5.41) is 9.90. The van der Waals surface area contributed by atoms with Crippen LogP contribution in [0.4, 0.5) is 0 Å². The number of benzene rings is 2. The molecule has 1 saturated heterocycles. The number of hydrogen-bond acceptors (Lipinski definition) is 2. The summed E-state index contributed by atoms with van der Waals surface area (Å²) < 4.78 is 0. The van der Waals surface area contributed by atoms with Crippen molar-refractivity contribution >= 4 is 0 Å². The molecule has 2 heteroatoms. The highest BCUT2D eigenvalue weighted by Crippen LogP contribution is 2.31. The molecular formula is C20H25NO. The zero-order valence-electron chi connectivity index (χ0n) is 13.1. The van der Waals surface area contributed by atoms with E-state index in [1.165, 1.54) is 30.4 Å². The molecule has 2 atom stereocenters. The Labute approximate surface area is 133 Å². The third kappa shape index (κ3) is 3.57. The SMILES string of the molecule is OC[C@@H](c1ccccc1)N1CCC[C@H]1CCc1ccccc1. The van der Waals surface area contributed by atoms with E-state index < -0.39 is 0 Å². The van der Waals surface area contributed by atoms with Crippen molar-refractivity contribution < 1.29 is 5.11 Å².